The van der Waals surface area contributed by atoms with E-state index in [0.717, 1.165) is 5.56 Å². The molecule has 7 heteroatoms. The molecule has 0 unspecified atom stereocenters. The zero-order valence-corrected chi connectivity index (χ0v) is 11.5. The minimum absolute atomic E-state index is 0.0371. The molecule has 17 heavy (non-hydrogen) atoms. The molecular weight excluding hydrogens is 311 g/mol. The molecular formula is C10H14BrFN2O2S. The Morgan fingerprint density at radius 3 is 2.71 bits per heavy atom. The molecule has 0 saturated heterocycles. The lowest BCUT2D eigenvalue weighted by Gasteiger charge is -2.06. The lowest BCUT2D eigenvalue weighted by atomic mass is 10.2. The minimum Gasteiger partial charge on any atom is -0.313 e. The van der Waals surface area contributed by atoms with Crippen LogP contribution in [0.3, 0.4) is 0 Å². The molecule has 0 amide bonds. The average molecular weight is 325 g/mol. The van der Waals surface area contributed by atoms with Crippen LogP contribution in [0.1, 0.15) is 12.0 Å². The third-order valence-electron chi connectivity index (χ3n) is 2.11. The van der Waals surface area contributed by atoms with Gasteiger partial charge in [-0.25, -0.2) is 17.9 Å². The van der Waals surface area contributed by atoms with Crippen LogP contribution in [0.5, 0.6) is 0 Å². The van der Waals surface area contributed by atoms with Gasteiger partial charge in [-0.15, -0.1) is 0 Å². The number of rotatable bonds is 6. The molecule has 0 aliphatic rings. The van der Waals surface area contributed by atoms with E-state index in [1.165, 1.54) is 12.1 Å². The van der Waals surface area contributed by atoms with Crippen molar-refractivity contribution in [2.24, 2.45) is 5.14 Å². The first kappa shape index (κ1) is 14.6. The number of nitrogens with one attached hydrogen (secondary N) is 1. The predicted molar refractivity (Wildman–Crippen MR) is 68.4 cm³/mol. The fraction of sp³-hybridized carbons (Fsp3) is 0.400. The summed E-state index contributed by atoms with van der Waals surface area (Å²) in [5.41, 5.74) is 0.919. The summed E-state index contributed by atoms with van der Waals surface area (Å²) in [5.74, 6) is -0.334. The van der Waals surface area contributed by atoms with Crippen LogP contribution in [0.2, 0.25) is 0 Å². The summed E-state index contributed by atoms with van der Waals surface area (Å²) in [6.07, 6.45) is 0.456. The summed E-state index contributed by atoms with van der Waals surface area (Å²) in [6, 6.07) is 4.44. The van der Waals surface area contributed by atoms with Crippen LogP contribution in [0.15, 0.2) is 22.7 Å². The highest BCUT2D eigenvalue weighted by molar-refractivity contribution is 9.10. The Hall–Kier alpha value is -0.500. The SMILES string of the molecule is NS(=O)(=O)CCCNCc1ccc(F)cc1Br. The summed E-state index contributed by atoms with van der Waals surface area (Å²) >= 11 is 3.25. The molecule has 4 nitrogen and oxygen atoms in total. The highest BCUT2D eigenvalue weighted by Crippen LogP contribution is 2.17. The van der Waals surface area contributed by atoms with Crippen molar-refractivity contribution in [3.05, 3.63) is 34.1 Å². The Kier molecular flexibility index (Phi) is 5.51. The van der Waals surface area contributed by atoms with Crippen molar-refractivity contribution in [1.82, 2.24) is 5.32 Å². The van der Waals surface area contributed by atoms with Crippen LogP contribution < -0.4 is 10.5 Å². The molecule has 0 saturated carbocycles. The second-order valence-electron chi connectivity index (χ2n) is 3.63. The first-order valence-corrected chi connectivity index (χ1v) is 7.54. The topological polar surface area (TPSA) is 72.2 Å². The smallest absolute Gasteiger partial charge is 0.209 e. The normalized spacial score (nSPS) is 11.7. The van der Waals surface area contributed by atoms with Gasteiger partial charge in [0.15, 0.2) is 0 Å². The summed E-state index contributed by atoms with van der Waals surface area (Å²) in [6.45, 7) is 1.09. The largest absolute Gasteiger partial charge is 0.313 e. The van der Waals surface area contributed by atoms with Gasteiger partial charge < -0.3 is 5.32 Å². The van der Waals surface area contributed by atoms with Gasteiger partial charge in [-0.3, -0.25) is 0 Å². The van der Waals surface area contributed by atoms with Gasteiger partial charge in [-0.05, 0) is 30.7 Å². The molecule has 0 atom stereocenters. The van der Waals surface area contributed by atoms with Crippen LogP contribution in [0.25, 0.3) is 0 Å². The van der Waals surface area contributed by atoms with Crippen molar-refractivity contribution in [2.75, 3.05) is 12.3 Å². The van der Waals surface area contributed by atoms with Crippen molar-refractivity contribution in [1.29, 1.82) is 0 Å². The van der Waals surface area contributed by atoms with E-state index in [0.29, 0.717) is 24.0 Å². The van der Waals surface area contributed by atoms with E-state index >= 15 is 0 Å². The van der Waals surface area contributed by atoms with Gasteiger partial charge in [0.1, 0.15) is 5.82 Å². The molecule has 3 N–H and O–H groups in total. The quantitative estimate of drug-likeness (QED) is 0.776. The molecule has 0 aliphatic heterocycles. The van der Waals surface area contributed by atoms with Gasteiger partial charge in [0.05, 0.1) is 5.75 Å². The molecule has 96 valence electrons. The second-order valence-corrected chi connectivity index (χ2v) is 6.22. The van der Waals surface area contributed by atoms with Crippen molar-refractivity contribution >= 4 is 26.0 Å². The molecule has 0 spiro atoms. The number of halogens is 2. The highest BCUT2D eigenvalue weighted by Gasteiger charge is 2.03. The number of hydrogen-bond acceptors (Lipinski definition) is 3. The number of benzene rings is 1. The van der Waals surface area contributed by atoms with Crippen LogP contribution in [0, 0.1) is 5.82 Å². The maximum atomic E-state index is 12.8. The first-order valence-electron chi connectivity index (χ1n) is 5.03. The predicted octanol–water partition coefficient (Wildman–Crippen LogP) is 1.36. The lowest BCUT2D eigenvalue weighted by Crippen LogP contribution is -2.22. The van der Waals surface area contributed by atoms with Crippen molar-refractivity contribution in [3.8, 4) is 0 Å². The number of sulfonamides is 1. The molecule has 0 bridgehead atoms. The Morgan fingerprint density at radius 1 is 1.41 bits per heavy atom. The van der Waals surface area contributed by atoms with Crippen molar-refractivity contribution in [3.63, 3.8) is 0 Å². The van der Waals surface area contributed by atoms with Gasteiger partial charge in [-0.1, -0.05) is 22.0 Å². The summed E-state index contributed by atoms with van der Waals surface area (Å²) in [7, 11) is -3.38. The van der Waals surface area contributed by atoms with Crippen molar-refractivity contribution in [2.45, 2.75) is 13.0 Å². The molecule has 1 rings (SSSR count). The molecule has 0 aromatic heterocycles. The molecule has 0 aliphatic carbocycles. The standard InChI is InChI=1S/C10H14BrFN2O2S/c11-10-6-9(12)3-2-8(10)7-14-4-1-5-17(13,15)16/h2-3,6,14H,1,4-5,7H2,(H2,13,15,16). The summed E-state index contributed by atoms with van der Waals surface area (Å²) in [4.78, 5) is 0. The Bertz CT molecular complexity index is 479. The monoisotopic (exact) mass is 324 g/mol. The van der Waals surface area contributed by atoms with Crippen LogP contribution in [0.4, 0.5) is 4.39 Å². The highest BCUT2D eigenvalue weighted by atomic mass is 79.9. The lowest BCUT2D eigenvalue weighted by molar-refractivity contribution is 0.590. The third kappa shape index (κ3) is 6.11. The van der Waals surface area contributed by atoms with Gasteiger partial charge in [0.2, 0.25) is 10.0 Å². The molecule has 0 radical (unpaired) electrons. The van der Waals surface area contributed by atoms with E-state index < -0.39 is 10.0 Å². The average Bonchev–Trinajstić information content (AvgIpc) is 2.18. The van der Waals surface area contributed by atoms with Crippen LogP contribution in [-0.2, 0) is 16.6 Å². The van der Waals surface area contributed by atoms with Crippen LogP contribution >= 0.6 is 15.9 Å². The second kappa shape index (κ2) is 6.44. The van der Waals surface area contributed by atoms with Gasteiger partial charge >= 0.3 is 0 Å². The fourth-order valence-electron chi connectivity index (χ4n) is 1.29. The summed E-state index contributed by atoms with van der Waals surface area (Å²) in [5, 5.41) is 7.93. The maximum Gasteiger partial charge on any atom is 0.209 e. The molecule has 1 aromatic carbocycles. The zero-order chi connectivity index (χ0) is 12.9. The van der Waals surface area contributed by atoms with E-state index in [1.54, 1.807) is 6.07 Å². The molecule has 0 heterocycles. The number of nitrogens with two attached hydrogens (primary N) is 1. The van der Waals surface area contributed by atoms with Gasteiger partial charge in [-0.2, -0.15) is 0 Å². The maximum absolute atomic E-state index is 12.8. The van der Waals surface area contributed by atoms with Gasteiger partial charge in [0, 0.05) is 11.0 Å². The fourth-order valence-corrected chi connectivity index (χ4v) is 2.32. The van der Waals surface area contributed by atoms with Crippen molar-refractivity contribution < 1.29 is 12.8 Å². The van der Waals surface area contributed by atoms with E-state index in [-0.39, 0.29) is 11.6 Å². The minimum atomic E-state index is -3.38. The third-order valence-corrected chi connectivity index (χ3v) is 3.71. The Labute approximate surface area is 109 Å². The molecule has 0 fully saturated rings. The summed E-state index contributed by atoms with van der Waals surface area (Å²) < 4.78 is 34.8. The first-order chi connectivity index (χ1) is 7.88. The van der Waals surface area contributed by atoms with Gasteiger partial charge in [0.25, 0.3) is 0 Å². The van der Waals surface area contributed by atoms with E-state index in [1.807, 2.05) is 0 Å². The zero-order valence-electron chi connectivity index (χ0n) is 9.12. The Morgan fingerprint density at radius 2 is 2.12 bits per heavy atom. The number of hydrogen-bond donors (Lipinski definition) is 2. The van der Waals surface area contributed by atoms with Crippen LogP contribution in [-0.4, -0.2) is 20.7 Å². The van der Waals surface area contributed by atoms with E-state index in [9.17, 15) is 12.8 Å². The molecule has 1 aromatic rings. The van der Waals surface area contributed by atoms with E-state index in [2.05, 4.69) is 21.2 Å². The van der Waals surface area contributed by atoms with E-state index in [4.69, 9.17) is 5.14 Å². The Balaban J connectivity index is 2.32. The number of primary sulfonamides is 1.